The molecule has 1 amide bonds. The summed E-state index contributed by atoms with van der Waals surface area (Å²) in [5.74, 6) is 0.643. The summed E-state index contributed by atoms with van der Waals surface area (Å²) in [4.78, 5) is 14.4. The van der Waals surface area contributed by atoms with Crippen molar-refractivity contribution in [2.75, 3.05) is 26.3 Å². The fourth-order valence-electron chi connectivity index (χ4n) is 2.50. The number of rotatable bonds is 3. The average molecular weight is 368 g/mol. The third kappa shape index (κ3) is 3.13. The first kappa shape index (κ1) is 15.4. The maximum absolute atomic E-state index is 12.6. The van der Waals surface area contributed by atoms with Gasteiger partial charge in [-0.15, -0.1) is 0 Å². The van der Waals surface area contributed by atoms with Gasteiger partial charge in [-0.2, -0.15) is 0 Å². The van der Waals surface area contributed by atoms with Crippen molar-refractivity contribution in [3.8, 4) is 5.75 Å². The van der Waals surface area contributed by atoms with Crippen LogP contribution in [0.4, 0.5) is 0 Å². The number of halogens is 1. The van der Waals surface area contributed by atoms with Crippen molar-refractivity contribution >= 4 is 32.8 Å². The van der Waals surface area contributed by atoms with Crippen LogP contribution in [0.2, 0.25) is 0 Å². The smallest absolute Gasteiger partial charge is 0.254 e. The second kappa shape index (κ2) is 6.30. The van der Waals surface area contributed by atoms with Gasteiger partial charge in [-0.1, -0.05) is 0 Å². The molecule has 1 fully saturated rings. The number of hydrogen-bond donors (Lipinski definition) is 0. The number of carbonyl (C=O) groups excluding carboxylic acids is 1. The Labute approximate surface area is 137 Å². The van der Waals surface area contributed by atoms with Crippen LogP contribution in [0, 0.1) is 0 Å². The summed E-state index contributed by atoms with van der Waals surface area (Å²) >= 11 is 3.33. The normalized spacial score (nSPS) is 15.5. The minimum atomic E-state index is -0.0219. The van der Waals surface area contributed by atoms with Crippen molar-refractivity contribution in [1.82, 2.24) is 4.90 Å². The minimum Gasteiger partial charge on any atom is -0.490 e. The van der Waals surface area contributed by atoms with Gasteiger partial charge in [-0.05, 0) is 41.9 Å². The molecule has 2 heterocycles. The molecule has 3 rings (SSSR count). The summed E-state index contributed by atoms with van der Waals surface area (Å²) in [7, 11) is 0. The Morgan fingerprint density at radius 1 is 1.27 bits per heavy atom. The summed E-state index contributed by atoms with van der Waals surface area (Å²) in [5.41, 5.74) is 1.22. The lowest BCUT2D eigenvalue weighted by Gasteiger charge is -2.27. The molecule has 2 aromatic rings. The highest BCUT2D eigenvalue weighted by Crippen LogP contribution is 2.33. The number of fused-ring (bicyclic) bond motifs is 1. The second-order valence-corrected chi connectivity index (χ2v) is 6.29. The Hall–Kier alpha value is -1.53. The zero-order chi connectivity index (χ0) is 15.7. The van der Waals surface area contributed by atoms with Gasteiger partial charge in [0, 0.05) is 24.7 Å². The summed E-state index contributed by atoms with van der Waals surface area (Å²) in [5, 5.41) is 0.860. The van der Waals surface area contributed by atoms with Crippen LogP contribution in [-0.4, -0.2) is 43.2 Å². The second-order valence-electron chi connectivity index (χ2n) is 5.51. The van der Waals surface area contributed by atoms with Crippen molar-refractivity contribution in [3.63, 3.8) is 0 Å². The fraction of sp³-hybridized carbons (Fsp3) is 0.438. The Morgan fingerprint density at radius 2 is 2.00 bits per heavy atom. The standard InChI is InChI=1S/C16H18BrNO4/c1-10(2)21-13-7-11(8-14-12(13)9-15(17)22-14)16(19)18-3-5-20-6-4-18/h7-10H,3-6H2,1-2H3. The summed E-state index contributed by atoms with van der Waals surface area (Å²) in [6, 6.07) is 5.42. The Kier molecular flexibility index (Phi) is 4.40. The number of carbonyl (C=O) groups is 1. The number of benzene rings is 1. The van der Waals surface area contributed by atoms with Crippen LogP contribution in [-0.2, 0) is 4.74 Å². The number of furan rings is 1. The molecule has 0 N–H and O–H groups in total. The van der Waals surface area contributed by atoms with E-state index >= 15 is 0 Å². The molecule has 1 saturated heterocycles. The highest BCUT2D eigenvalue weighted by molar-refractivity contribution is 9.10. The molecule has 0 saturated carbocycles. The van der Waals surface area contributed by atoms with Gasteiger partial charge in [0.15, 0.2) is 4.67 Å². The van der Waals surface area contributed by atoms with E-state index in [1.54, 1.807) is 17.0 Å². The van der Waals surface area contributed by atoms with E-state index in [-0.39, 0.29) is 12.0 Å². The monoisotopic (exact) mass is 367 g/mol. The molecule has 0 aliphatic carbocycles. The third-order valence-electron chi connectivity index (χ3n) is 3.48. The molecule has 0 spiro atoms. The SMILES string of the molecule is CC(C)Oc1cc(C(=O)N2CCOCC2)cc2oc(Br)cc12. The molecule has 5 nitrogen and oxygen atoms in total. The number of morpholine rings is 1. The van der Waals surface area contributed by atoms with E-state index in [4.69, 9.17) is 13.9 Å². The van der Waals surface area contributed by atoms with Gasteiger partial charge in [0.25, 0.3) is 5.91 Å². The van der Waals surface area contributed by atoms with Crippen LogP contribution < -0.4 is 4.74 Å². The fourth-order valence-corrected chi connectivity index (χ4v) is 2.90. The molecule has 1 aliphatic heterocycles. The Morgan fingerprint density at radius 3 is 2.68 bits per heavy atom. The van der Waals surface area contributed by atoms with Crippen molar-refractivity contribution < 1.29 is 18.7 Å². The molecule has 6 heteroatoms. The highest BCUT2D eigenvalue weighted by atomic mass is 79.9. The van der Waals surface area contributed by atoms with Crippen LogP contribution in [0.1, 0.15) is 24.2 Å². The zero-order valence-corrected chi connectivity index (χ0v) is 14.2. The number of ether oxygens (including phenoxy) is 2. The predicted octanol–water partition coefficient (Wildman–Crippen LogP) is 3.45. The average Bonchev–Trinajstić information content (AvgIpc) is 2.87. The summed E-state index contributed by atoms with van der Waals surface area (Å²) < 4.78 is 17.4. The van der Waals surface area contributed by atoms with Crippen LogP contribution >= 0.6 is 15.9 Å². The highest BCUT2D eigenvalue weighted by Gasteiger charge is 2.21. The molecular formula is C16H18BrNO4. The van der Waals surface area contributed by atoms with E-state index in [1.807, 2.05) is 19.9 Å². The van der Waals surface area contributed by atoms with Gasteiger partial charge in [0.05, 0.1) is 24.7 Å². The molecule has 0 unspecified atom stereocenters. The van der Waals surface area contributed by atoms with Gasteiger partial charge in [0.1, 0.15) is 11.3 Å². The first-order chi connectivity index (χ1) is 10.5. The zero-order valence-electron chi connectivity index (χ0n) is 12.6. The Bertz CT molecular complexity index is 689. The van der Waals surface area contributed by atoms with Crippen molar-refractivity contribution in [2.45, 2.75) is 20.0 Å². The third-order valence-corrected chi connectivity index (χ3v) is 3.87. The van der Waals surface area contributed by atoms with Crippen molar-refractivity contribution in [3.05, 3.63) is 28.4 Å². The van der Waals surface area contributed by atoms with Crippen LogP contribution in [0.25, 0.3) is 11.0 Å². The number of hydrogen-bond acceptors (Lipinski definition) is 4. The van der Waals surface area contributed by atoms with Gasteiger partial charge in [0.2, 0.25) is 0 Å². The van der Waals surface area contributed by atoms with E-state index in [2.05, 4.69) is 15.9 Å². The van der Waals surface area contributed by atoms with Gasteiger partial charge >= 0.3 is 0 Å². The summed E-state index contributed by atoms with van der Waals surface area (Å²) in [6.07, 6.45) is 0.0191. The van der Waals surface area contributed by atoms with E-state index < -0.39 is 0 Å². The maximum atomic E-state index is 12.6. The van der Waals surface area contributed by atoms with Gasteiger partial charge in [-0.3, -0.25) is 4.79 Å². The lowest BCUT2D eigenvalue weighted by Crippen LogP contribution is -2.40. The topological polar surface area (TPSA) is 51.9 Å². The van der Waals surface area contributed by atoms with Gasteiger partial charge in [-0.25, -0.2) is 0 Å². The predicted molar refractivity (Wildman–Crippen MR) is 86.4 cm³/mol. The molecule has 118 valence electrons. The lowest BCUT2D eigenvalue weighted by atomic mass is 10.1. The number of nitrogens with zero attached hydrogens (tertiary/aromatic N) is 1. The minimum absolute atomic E-state index is 0.0191. The molecule has 0 radical (unpaired) electrons. The van der Waals surface area contributed by atoms with E-state index in [0.29, 0.717) is 47.9 Å². The lowest BCUT2D eigenvalue weighted by molar-refractivity contribution is 0.0302. The van der Waals surface area contributed by atoms with Crippen LogP contribution in [0.15, 0.2) is 27.3 Å². The first-order valence-electron chi connectivity index (χ1n) is 7.31. The quantitative estimate of drug-likeness (QED) is 0.833. The molecule has 0 atom stereocenters. The number of amides is 1. The van der Waals surface area contributed by atoms with Crippen molar-refractivity contribution in [2.24, 2.45) is 0 Å². The molecule has 1 aromatic heterocycles. The van der Waals surface area contributed by atoms with Crippen molar-refractivity contribution in [1.29, 1.82) is 0 Å². The molecule has 0 bridgehead atoms. The largest absolute Gasteiger partial charge is 0.490 e. The molecular weight excluding hydrogens is 350 g/mol. The van der Waals surface area contributed by atoms with Crippen LogP contribution in [0.3, 0.4) is 0 Å². The van der Waals surface area contributed by atoms with E-state index in [1.165, 1.54) is 0 Å². The molecule has 1 aromatic carbocycles. The Balaban J connectivity index is 1.99. The van der Waals surface area contributed by atoms with Crippen LogP contribution in [0.5, 0.6) is 5.75 Å². The molecule has 1 aliphatic rings. The summed E-state index contributed by atoms with van der Waals surface area (Å²) in [6.45, 7) is 6.29. The first-order valence-corrected chi connectivity index (χ1v) is 8.10. The van der Waals surface area contributed by atoms with E-state index in [9.17, 15) is 4.79 Å². The van der Waals surface area contributed by atoms with Gasteiger partial charge < -0.3 is 18.8 Å². The maximum Gasteiger partial charge on any atom is 0.254 e. The van der Waals surface area contributed by atoms with E-state index in [0.717, 1.165) is 5.39 Å². The molecule has 22 heavy (non-hydrogen) atoms.